The molecule has 0 aromatic heterocycles. The van der Waals surface area contributed by atoms with Crippen LogP contribution in [0.3, 0.4) is 0 Å². The molecule has 6 heteroatoms. The minimum atomic E-state index is -3.69. The van der Waals surface area contributed by atoms with Gasteiger partial charge in [0.2, 0.25) is 0 Å². The molecule has 5 nitrogen and oxygen atoms in total. The number of carbonyl (C=O) groups is 1. The highest BCUT2D eigenvalue weighted by Gasteiger charge is 2.23. The van der Waals surface area contributed by atoms with E-state index in [0.717, 1.165) is 0 Å². The number of hydrogen-bond acceptors (Lipinski definition) is 4. The van der Waals surface area contributed by atoms with Crippen molar-refractivity contribution in [2.75, 3.05) is 10.8 Å². The van der Waals surface area contributed by atoms with E-state index in [4.69, 9.17) is 4.74 Å². The van der Waals surface area contributed by atoms with Crippen LogP contribution in [0.25, 0.3) is 0 Å². The summed E-state index contributed by atoms with van der Waals surface area (Å²) >= 11 is 0. The van der Waals surface area contributed by atoms with Crippen molar-refractivity contribution in [3.63, 3.8) is 0 Å². The third kappa shape index (κ3) is 3.94. The van der Waals surface area contributed by atoms with Crippen LogP contribution >= 0.6 is 0 Å². The van der Waals surface area contributed by atoms with Gasteiger partial charge in [-0.1, -0.05) is 18.2 Å². The zero-order valence-electron chi connectivity index (χ0n) is 14.0. The largest absolute Gasteiger partial charge is 0.459 e. The third-order valence-electron chi connectivity index (χ3n) is 3.35. The van der Waals surface area contributed by atoms with E-state index in [2.05, 4.69) is 0 Å². The number of anilines is 1. The maximum atomic E-state index is 12.8. The van der Waals surface area contributed by atoms with Gasteiger partial charge in [-0.15, -0.1) is 0 Å². The number of rotatable bonds is 6. The Labute approximate surface area is 142 Å². The second-order valence-corrected chi connectivity index (χ2v) is 7.35. The highest BCUT2D eigenvalue weighted by atomic mass is 32.2. The zero-order chi connectivity index (χ0) is 17.7. The average molecular weight is 347 g/mol. The Morgan fingerprint density at radius 3 is 2.12 bits per heavy atom. The van der Waals surface area contributed by atoms with Gasteiger partial charge in [0.1, 0.15) is 0 Å². The number of ether oxygens (including phenoxy) is 1. The highest BCUT2D eigenvalue weighted by Crippen LogP contribution is 2.23. The van der Waals surface area contributed by atoms with E-state index in [0.29, 0.717) is 17.8 Å². The van der Waals surface area contributed by atoms with Crippen LogP contribution in [-0.4, -0.2) is 27.0 Å². The first kappa shape index (κ1) is 18.0. The fourth-order valence-electron chi connectivity index (χ4n) is 2.26. The normalized spacial score (nSPS) is 11.3. The molecule has 2 aromatic rings. The molecule has 0 bridgehead atoms. The smallest absolute Gasteiger partial charge is 0.338 e. The summed E-state index contributed by atoms with van der Waals surface area (Å²) in [5.41, 5.74) is 0.925. The predicted molar refractivity (Wildman–Crippen MR) is 93.6 cm³/mol. The number of hydrogen-bond donors (Lipinski definition) is 0. The molecule has 0 atom stereocenters. The molecule has 24 heavy (non-hydrogen) atoms. The van der Waals surface area contributed by atoms with E-state index < -0.39 is 16.0 Å². The molecule has 0 aliphatic heterocycles. The number of nitrogens with zero attached hydrogens (tertiary/aromatic N) is 1. The molecule has 0 radical (unpaired) electrons. The Morgan fingerprint density at radius 2 is 1.62 bits per heavy atom. The molecule has 0 saturated carbocycles. The predicted octanol–water partition coefficient (Wildman–Crippen LogP) is 3.47. The highest BCUT2D eigenvalue weighted by molar-refractivity contribution is 7.92. The number of benzene rings is 2. The standard InChI is InChI=1S/C18H21NO4S/c1-4-19(16-8-6-5-7-9-16)24(21,22)17-12-10-15(11-13-17)18(20)23-14(2)3/h5-14H,4H2,1-3H3. The molecule has 0 N–H and O–H groups in total. The van der Waals surface area contributed by atoms with Gasteiger partial charge in [0.05, 0.1) is 22.3 Å². The molecule has 2 rings (SSSR count). The lowest BCUT2D eigenvalue weighted by Gasteiger charge is -2.23. The van der Waals surface area contributed by atoms with Crippen molar-refractivity contribution in [1.29, 1.82) is 0 Å². The summed E-state index contributed by atoms with van der Waals surface area (Å²) in [4.78, 5) is 12.0. The molecule has 0 amide bonds. The van der Waals surface area contributed by atoms with Gasteiger partial charge in [-0.25, -0.2) is 13.2 Å². The van der Waals surface area contributed by atoms with Crippen molar-refractivity contribution in [1.82, 2.24) is 0 Å². The molecule has 0 fully saturated rings. The van der Waals surface area contributed by atoms with Crippen molar-refractivity contribution in [3.05, 3.63) is 60.2 Å². The SMILES string of the molecule is CCN(c1ccccc1)S(=O)(=O)c1ccc(C(=O)OC(C)C)cc1. The summed E-state index contributed by atoms with van der Waals surface area (Å²) < 4.78 is 32.1. The Bertz CT molecular complexity index is 784. The van der Waals surface area contributed by atoms with Crippen molar-refractivity contribution < 1.29 is 17.9 Å². The summed E-state index contributed by atoms with van der Waals surface area (Å²) in [5.74, 6) is -0.468. The molecular weight excluding hydrogens is 326 g/mol. The van der Waals surface area contributed by atoms with Crippen LogP contribution in [0.15, 0.2) is 59.5 Å². The average Bonchev–Trinajstić information content (AvgIpc) is 2.56. The fourth-order valence-corrected chi connectivity index (χ4v) is 3.73. The monoisotopic (exact) mass is 347 g/mol. The van der Waals surface area contributed by atoms with Crippen LogP contribution in [0.4, 0.5) is 5.69 Å². The number of para-hydroxylation sites is 1. The molecule has 0 spiro atoms. The van der Waals surface area contributed by atoms with E-state index >= 15 is 0 Å². The first-order valence-corrected chi connectivity index (χ1v) is 9.19. The van der Waals surface area contributed by atoms with Crippen LogP contribution in [-0.2, 0) is 14.8 Å². The molecular formula is C18H21NO4S. The lowest BCUT2D eigenvalue weighted by molar-refractivity contribution is 0.0378. The van der Waals surface area contributed by atoms with Crippen LogP contribution in [0.1, 0.15) is 31.1 Å². The Morgan fingerprint density at radius 1 is 1.04 bits per heavy atom. The first-order valence-electron chi connectivity index (χ1n) is 7.75. The Kier molecular flexibility index (Phi) is 5.62. The lowest BCUT2D eigenvalue weighted by Crippen LogP contribution is -2.30. The summed E-state index contributed by atoms with van der Waals surface area (Å²) in [7, 11) is -3.69. The van der Waals surface area contributed by atoms with E-state index in [9.17, 15) is 13.2 Å². The fraction of sp³-hybridized carbons (Fsp3) is 0.278. The van der Waals surface area contributed by atoms with Gasteiger partial charge in [0.25, 0.3) is 10.0 Å². The first-order chi connectivity index (χ1) is 11.4. The number of esters is 1. The van der Waals surface area contributed by atoms with Crippen molar-refractivity contribution in [3.8, 4) is 0 Å². The van der Waals surface area contributed by atoms with Gasteiger partial charge >= 0.3 is 5.97 Å². The number of sulfonamides is 1. The molecule has 0 heterocycles. The zero-order valence-corrected chi connectivity index (χ0v) is 14.8. The maximum absolute atomic E-state index is 12.8. The van der Waals surface area contributed by atoms with Crippen LogP contribution in [0.5, 0.6) is 0 Å². The summed E-state index contributed by atoms with van der Waals surface area (Å²) in [6.45, 7) is 5.60. The molecule has 0 saturated heterocycles. The van der Waals surface area contributed by atoms with E-state index in [1.165, 1.54) is 28.6 Å². The van der Waals surface area contributed by atoms with E-state index in [1.54, 1.807) is 45.0 Å². The van der Waals surface area contributed by atoms with E-state index in [-0.39, 0.29) is 11.0 Å². The minimum Gasteiger partial charge on any atom is -0.459 e. The quantitative estimate of drug-likeness (QED) is 0.751. The van der Waals surface area contributed by atoms with Gasteiger partial charge in [-0.2, -0.15) is 0 Å². The summed E-state index contributed by atoms with van der Waals surface area (Å²) in [6, 6.07) is 14.7. The van der Waals surface area contributed by atoms with E-state index in [1.807, 2.05) is 6.07 Å². The topological polar surface area (TPSA) is 63.7 Å². The van der Waals surface area contributed by atoms with Crippen molar-refractivity contribution in [2.24, 2.45) is 0 Å². The Hall–Kier alpha value is -2.34. The third-order valence-corrected chi connectivity index (χ3v) is 5.27. The maximum Gasteiger partial charge on any atom is 0.338 e. The molecule has 2 aromatic carbocycles. The van der Waals surface area contributed by atoms with Crippen molar-refractivity contribution in [2.45, 2.75) is 31.8 Å². The van der Waals surface area contributed by atoms with Crippen LogP contribution in [0, 0.1) is 0 Å². The molecule has 0 aliphatic rings. The minimum absolute atomic E-state index is 0.134. The summed E-state index contributed by atoms with van der Waals surface area (Å²) in [6.07, 6.45) is -0.227. The van der Waals surface area contributed by atoms with Gasteiger partial charge in [-0.05, 0) is 57.2 Å². The lowest BCUT2D eigenvalue weighted by atomic mass is 10.2. The van der Waals surface area contributed by atoms with Gasteiger partial charge < -0.3 is 4.74 Å². The molecule has 128 valence electrons. The van der Waals surface area contributed by atoms with Crippen LogP contribution in [0.2, 0.25) is 0 Å². The van der Waals surface area contributed by atoms with Gasteiger partial charge in [-0.3, -0.25) is 4.31 Å². The molecule has 0 aliphatic carbocycles. The van der Waals surface area contributed by atoms with Crippen LogP contribution < -0.4 is 4.31 Å². The number of carbonyl (C=O) groups excluding carboxylic acids is 1. The summed E-state index contributed by atoms with van der Waals surface area (Å²) in [5, 5.41) is 0. The second kappa shape index (κ2) is 7.49. The van der Waals surface area contributed by atoms with Gasteiger partial charge in [0.15, 0.2) is 0 Å². The van der Waals surface area contributed by atoms with Crippen molar-refractivity contribution >= 4 is 21.7 Å². The second-order valence-electron chi connectivity index (χ2n) is 5.48. The van der Waals surface area contributed by atoms with Gasteiger partial charge in [0, 0.05) is 6.54 Å². The Balaban J connectivity index is 2.31. The molecule has 0 unspecified atom stereocenters.